The summed E-state index contributed by atoms with van der Waals surface area (Å²) in [6, 6.07) is 7.57. The Hall–Kier alpha value is -2.63. The third-order valence-corrected chi connectivity index (χ3v) is 3.15. The van der Waals surface area contributed by atoms with E-state index < -0.39 is 5.97 Å². The number of carboxylic acid groups (broad SMARTS) is 1. The van der Waals surface area contributed by atoms with Crippen LogP contribution in [0.4, 0.5) is 5.95 Å². The predicted octanol–water partition coefficient (Wildman–Crippen LogP) is 1.57. The van der Waals surface area contributed by atoms with Crippen LogP contribution < -0.4 is 5.32 Å². The van der Waals surface area contributed by atoms with Gasteiger partial charge in [-0.15, -0.1) is 0 Å². The average molecular weight is 256 g/mol. The fraction of sp³-hybridized carbons (Fsp3) is 0.154. The number of nitrogens with one attached hydrogen (secondary N) is 1. The van der Waals surface area contributed by atoms with Crippen molar-refractivity contribution in [3.63, 3.8) is 0 Å². The molecule has 3 rings (SSSR count). The third-order valence-electron chi connectivity index (χ3n) is 3.15. The van der Waals surface area contributed by atoms with Gasteiger partial charge in [-0.1, -0.05) is 24.3 Å². The molecule has 0 saturated carbocycles. The Bertz CT molecular complexity index is 675. The molecule has 96 valence electrons. The topological polar surface area (TPSA) is 80.0 Å². The summed E-state index contributed by atoms with van der Waals surface area (Å²) >= 11 is 0. The minimum Gasteiger partial charge on any atom is -0.477 e. The Kier molecular flexibility index (Phi) is 2.56. The van der Waals surface area contributed by atoms with Gasteiger partial charge in [0.05, 0.1) is 0 Å². The van der Waals surface area contributed by atoms with Gasteiger partial charge in [0, 0.05) is 0 Å². The lowest BCUT2D eigenvalue weighted by molar-refractivity contribution is -0.132. The molecule has 0 amide bonds. The molecule has 1 atom stereocenters. The van der Waals surface area contributed by atoms with Crippen LogP contribution in [0.1, 0.15) is 17.2 Å². The molecule has 0 aliphatic carbocycles. The number of carboxylic acids is 1. The van der Waals surface area contributed by atoms with Crippen molar-refractivity contribution in [2.45, 2.75) is 13.0 Å². The molecule has 2 aromatic rings. The molecule has 2 N–H and O–H groups in total. The summed E-state index contributed by atoms with van der Waals surface area (Å²) in [6.45, 7) is 1.99. The molecule has 0 bridgehead atoms. The van der Waals surface area contributed by atoms with Crippen molar-refractivity contribution >= 4 is 11.9 Å². The first kappa shape index (κ1) is 11.5. The Balaban J connectivity index is 2.15. The number of aliphatic carboxylic acids is 1. The molecule has 0 saturated heterocycles. The molecule has 1 unspecified atom stereocenters. The molecule has 1 aromatic carbocycles. The van der Waals surface area contributed by atoms with Gasteiger partial charge >= 0.3 is 5.97 Å². The molecular weight excluding hydrogens is 244 g/mol. The van der Waals surface area contributed by atoms with Crippen LogP contribution in [0.25, 0.3) is 0 Å². The first-order chi connectivity index (χ1) is 9.16. The van der Waals surface area contributed by atoms with Crippen LogP contribution in [-0.4, -0.2) is 25.8 Å². The van der Waals surface area contributed by atoms with Crippen LogP contribution in [-0.2, 0) is 4.79 Å². The monoisotopic (exact) mass is 256 g/mol. The molecule has 19 heavy (non-hydrogen) atoms. The Labute approximate surface area is 109 Å². The number of hydrogen-bond acceptors (Lipinski definition) is 4. The second-order valence-electron chi connectivity index (χ2n) is 4.34. The molecule has 6 nitrogen and oxygen atoms in total. The van der Waals surface area contributed by atoms with Crippen LogP contribution in [0.15, 0.2) is 42.4 Å². The fourth-order valence-electron chi connectivity index (χ4n) is 2.20. The molecule has 6 heteroatoms. The predicted molar refractivity (Wildman–Crippen MR) is 68.7 cm³/mol. The zero-order valence-electron chi connectivity index (χ0n) is 10.2. The van der Waals surface area contributed by atoms with Gasteiger partial charge in [-0.25, -0.2) is 9.48 Å². The van der Waals surface area contributed by atoms with E-state index in [9.17, 15) is 4.79 Å². The van der Waals surface area contributed by atoms with E-state index in [4.69, 9.17) is 5.11 Å². The lowest BCUT2D eigenvalue weighted by Gasteiger charge is -2.23. The largest absolute Gasteiger partial charge is 0.477 e. The second-order valence-corrected chi connectivity index (χ2v) is 4.34. The van der Waals surface area contributed by atoms with E-state index in [1.54, 1.807) is 10.8 Å². The molecule has 2 heterocycles. The van der Waals surface area contributed by atoms with Crippen LogP contribution in [0.5, 0.6) is 0 Å². The summed E-state index contributed by atoms with van der Waals surface area (Å²) in [6.07, 6.45) is 3.05. The first-order valence-electron chi connectivity index (χ1n) is 5.84. The summed E-state index contributed by atoms with van der Waals surface area (Å²) in [5.41, 5.74) is 2.21. The summed E-state index contributed by atoms with van der Waals surface area (Å²) in [5, 5.41) is 16.0. The normalized spacial score (nSPS) is 17.3. The lowest BCUT2D eigenvalue weighted by atomic mass is 9.99. The van der Waals surface area contributed by atoms with Gasteiger partial charge in [0.15, 0.2) is 0 Å². The zero-order chi connectivity index (χ0) is 13.4. The summed E-state index contributed by atoms with van der Waals surface area (Å²) < 4.78 is 1.68. The van der Waals surface area contributed by atoms with Gasteiger partial charge in [-0.05, 0) is 24.1 Å². The second kappa shape index (κ2) is 4.24. The number of hydrogen-bond donors (Lipinski definition) is 2. The van der Waals surface area contributed by atoms with E-state index in [2.05, 4.69) is 15.4 Å². The summed E-state index contributed by atoms with van der Waals surface area (Å²) in [7, 11) is 0. The van der Waals surface area contributed by atoms with Crippen LogP contribution in [0.2, 0.25) is 0 Å². The molecule has 0 radical (unpaired) electrons. The van der Waals surface area contributed by atoms with Crippen LogP contribution in [0, 0.1) is 6.92 Å². The summed E-state index contributed by atoms with van der Waals surface area (Å²) in [4.78, 5) is 15.2. The number of allylic oxidation sites excluding steroid dienone is 1. The lowest BCUT2D eigenvalue weighted by Crippen LogP contribution is -2.24. The molecule has 0 fully saturated rings. The highest BCUT2D eigenvalue weighted by Gasteiger charge is 2.26. The van der Waals surface area contributed by atoms with E-state index in [1.165, 1.54) is 6.33 Å². The Morgan fingerprint density at radius 2 is 2.21 bits per heavy atom. The van der Waals surface area contributed by atoms with Gasteiger partial charge < -0.3 is 10.4 Å². The number of fused-ring (bicyclic) bond motifs is 1. The maximum Gasteiger partial charge on any atom is 0.352 e. The molecule has 0 spiro atoms. The third kappa shape index (κ3) is 1.87. The van der Waals surface area contributed by atoms with E-state index in [1.807, 2.05) is 31.2 Å². The highest BCUT2D eigenvalue weighted by molar-refractivity contribution is 5.90. The van der Waals surface area contributed by atoms with Crippen molar-refractivity contribution < 1.29 is 9.90 Å². The number of nitrogens with zero attached hydrogens (tertiary/aromatic N) is 3. The van der Waals surface area contributed by atoms with Gasteiger partial charge in [0.25, 0.3) is 0 Å². The maximum absolute atomic E-state index is 11.2. The van der Waals surface area contributed by atoms with Crippen molar-refractivity contribution in [2.24, 2.45) is 0 Å². The quantitative estimate of drug-likeness (QED) is 0.852. The number of rotatable bonds is 2. The van der Waals surface area contributed by atoms with Crippen molar-refractivity contribution in [1.82, 2.24) is 14.8 Å². The van der Waals surface area contributed by atoms with E-state index >= 15 is 0 Å². The average Bonchev–Trinajstić information content (AvgIpc) is 2.86. The smallest absolute Gasteiger partial charge is 0.352 e. The fourth-order valence-corrected chi connectivity index (χ4v) is 2.20. The van der Waals surface area contributed by atoms with Gasteiger partial charge in [-0.3, -0.25) is 0 Å². The van der Waals surface area contributed by atoms with Crippen LogP contribution >= 0.6 is 0 Å². The summed E-state index contributed by atoms with van der Waals surface area (Å²) in [5.74, 6) is -0.569. The number of carbonyl (C=O) groups is 1. The molecule has 1 aliphatic rings. The highest BCUT2D eigenvalue weighted by Crippen LogP contribution is 2.29. The van der Waals surface area contributed by atoms with Crippen molar-refractivity contribution in [2.75, 3.05) is 5.32 Å². The van der Waals surface area contributed by atoms with Crippen molar-refractivity contribution in [1.29, 1.82) is 0 Å². The first-order valence-corrected chi connectivity index (χ1v) is 5.84. The minimum absolute atomic E-state index is 0.119. The van der Waals surface area contributed by atoms with E-state index in [0.29, 0.717) is 5.95 Å². The van der Waals surface area contributed by atoms with Gasteiger partial charge in [-0.2, -0.15) is 10.1 Å². The van der Waals surface area contributed by atoms with Gasteiger partial charge in [0.2, 0.25) is 5.95 Å². The van der Waals surface area contributed by atoms with E-state index in [-0.39, 0.29) is 11.7 Å². The molecule has 1 aliphatic heterocycles. The SMILES string of the molecule is Cc1ccccc1C1C=C(C(=O)O)Nc2ncnn21. The highest BCUT2D eigenvalue weighted by atomic mass is 16.4. The Morgan fingerprint density at radius 3 is 2.95 bits per heavy atom. The number of aryl methyl sites for hydroxylation is 1. The number of anilines is 1. The van der Waals surface area contributed by atoms with Crippen molar-refractivity contribution in [3.05, 3.63) is 53.5 Å². The van der Waals surface area contributed by atoms with Crippen LogP contribution in [0.3, 0.4) is 0 Å². The number of benzene rings is 1. The maximum atomic E-state index is 11.2. The van der Waals surface area contributed by atoms with Crippen molar-refractivity contribution in [3.8, 4) is 0 Å². The zero-order valence-corrected chi connectivity index (χ0v) is 10.2. The standard InChI is InChI=1S/C13H12N4O2/c1-8-4-2-3-5-9(8)11-6-10(12(18)19)16-13-14-7-15-17(11)13/h2-7,11H,1H3,(H,18,19)(H,14,15,16). The Morgan fingerprint density at radius 1 is 1.42 bits per heavy atom. The minimum atomic E-state index is -1.01. The van der Waals surface area contributed by atoms with Gasteiger partial charge in [0.1, 0.15) is 18.1 Å². The van der Waals surface area contributed by atoms with E-state index in [0.717, 1.165) is 11.1 Å². The number of aromatic nitrogens is 3. The molecular formula is C13H12N4O2. The molecule has 1 aromatic heterocycles.